The number of amides is 1. The number of benzene rings is 3. The van der Waals surface area contributed by atoms with Crippen LogP contribution in [0.2, 0.25) is 0 Å². The number of fused-ring (bicyclic) bond motifs is 1. The first kappa shape index (κ1) is 18.2. The molecule has 5 rings (SSSR count). The van der Waals surface area contributed by atoms with Crippen LogP contribution in [-0.2, 0) is 0 Å². The van der Waals surface area contributed by atoms with Gasteiger partial charge in [-0.1, -0.05) is 42.5 Å². The molecule has 0 fully saturated rings. The van der Waals surface area contributed by atoms with E-state index in [2.05, 4.69) is 5.32 Å². The Kier molecular flexibility index (Phi) is 4.57. The van der Waals surface area contributed by atoms with Gasteiger partial charge in [0.1, 0.15) is 9.88 Å². The van der Waals surface area contributed by atoms with Crippen molar-refractivity contribution in [1.29, 1.82) is 0 Å². The molecule has 1 aliphatic heterocycles. The van der Waals surface area contributed by atoms with Crippen LogP contribution >= 0.6 is 11.3 Å². The number of ether oxygens (including phenoxy) is 2. The van der Waals surface area contributed by atoms with Crippen molar-refractivity contribution >= 4 is 28.6 Å². The predicted octanol–water partition coefficient (Wildman–Crippen LogP) is 5.04. The highest BCUT2D eigenvalue weighted by atomic mass is 32.1. The van der Waals surface area contributed by atoms with Gasteiger partial charge in [0.05, 0.1) is 5.69 Å². The van der Waals surface area contributed by atoms with E-state index in [0.717, 1.165) is 11.1 Å². The second-order valence-corrected chi connectivity index (χ2v) is 7.67. The van der Waals surface area contributed by atoms with Crippen LogP contribution in [0.1, 0.15) is 9.67 Å². The molecular formula is C23H17N3O3S. The zero-order valence-electron chi connectivity index (χ0n) is 15.8. The number of nitrogens with one attached hydrogen (secondary N) is 1. The topological polar surface area (TPSA) is 86.5 Å². The van der Waals surface area contributed by atoms with Gasteiger partial charge in [-0.2, -0.15) is 0 Å². The first-order valence-electron chi connectivity index (χ1n) is 9.31. The zero-order chi connectivity index (χ0) is 20.5. The second kappa shape index (κ2) is 7.53. The van der Waals surface area contributed by atoms with Crippen LogP contribution in [-0.4, -0.2) is 17.7 Å². The van der Waals surface area contributed by atoms with E-state index in [4.69, 9.17) is 20.2 Å². The molecular weight excluding hydrogens is 398 g/mol. The smallest absolute Gasteiger partial charge is 0.268 e. The summed E-state index contributed by atoms with van der Waals surface area (Å²) in [5.74, 6) is 1.03. The summed E-state index contributed by atoms with van der Waals surface area (Å²) in [6.07, 6.45) is 0. The largest absolute Gasteiger partial charge is 0.454 e. The molecule has 1 amide bonds. The Morgan fingerprint density at radius 3 is 2.57 bits per heavy atom. The van der Waals surface area contributed by atoms with Crippen LogP contribution in [0.25, 0.3) is 21.8 Å². The molecule has 0 saturated carbocycles. The number of para-hydroxylation sites is 1. The summed E-state index contributed by atoms with van der Waals surface area (Å²) >= 11 is 1.32. The van der Waals surface area contributed by atoms with Crippen molar-refractivity contribution in [1.82, 2.24) is 4.98 Å². The SMILES string of the molecule is Nc1ccccc1-c1nc(-c2ccccc2)c(C(=O)Nc2ccc3c(c2)OCO3)s1. The summed E-state index contributed by atoms with van der Waals surface area (Å²) in [7, 11) is 0. The highest BCUT2D eigenvalue weighted by Gasteiger charge is 2.22. The number of hydrogen-bond donors (Lipinski definition) is 2. The molecule has 0 spiro atoms. The third-order valence-corrected chi connectivity index (χ3v) is 5.79. The summed E-state index contributed by atoms with van der Waals surface area (Å²) in [5, 5.41) is 3.64. The van der Waals surface area contributed by atoms with E-state index in [9.17, 15) is 4.79 Å². The Morgan fingerprint density at radius 2 is 1.73 bits per heavy atom. The molecule has 0 aliphatic carbocycles. The number of rotatable bonds is 4. The standard InChI is InChI=1S/C23H17N3O3S/c24-17-9-5-4-8-16(17)23-26-20(14-6-2-1-3-7-14)21(30-23)22(27)25-15-10-11-18-19(12-15)29-13-28-18/h1-12H,13,24H2,(H,25,27). The molecule has 3 aromatic carbocycles. The molecule has 0 radical (unpaired) electrons. The zero-order valence-corrected chi connectivity index (χ0v) is 16.6. The average molecular weight is 415 g/mol. The van der Waals surface area contributed by atoms with Crippen molar-refractivity contribution in [2.75, 3.05) is 17.8 Å². The van der Waals surface area contributed by atoms with Crippen molar-refractivity contribution in [3.05, 3.63) is 77.7 Å². The van der Waals surface area contributed by atoms with E-state index in [1.54, 1.807) is 18.2 Å². The van der Waals surface area contributed by atoms with Gasteiger partial charge < -0.3 is 20.5 Å². The van der Waals surface area contributed by atoms with Crippen molar-refractivity contribution in [2.45, 2.75) is 0 Å². The van der Waals surface area contributed by atoms with E-state index in [-0.39, 0.29) is 12.7 Å². The van der Waals surface area contributed by atoms with Gasteiger partial charge in [0.2, 0.25) is 6.79 Å². The van der Waals surface area contributed by atoms with E-state index in [1.807, 2.05) is 54.6 Å². The maximum atomic E-state index is 13.2. The monoisotopic (exact) mass is 415 g/mol. The second-order valence-electron chi connectivity index (χ2n) is 6.67. The number of nitrogen functional groups attached to an aromatic ring is 1. The predicted molar refractivity (Wildman–Crippen MR) is 118 cm³/mol. The Balaban J connectivity index is 1.54. The molecule has 6 nitrogen and oxygen atoms in total. The van der Waals surface area contributed by atoms with Crippen LogP contribution in [0.15, 0.2) is 72.8 Å². The number of nitrogens with two attached hydrogens (primary N) is 1. The molecule has 1 aromatic heterocycles. The van der Waals surface area contributed by atoms with Crippen LogP contribution in [0.3, 0.4) is 0 Å². The van der Waals surface area contributed by atoms with Crippen molar-refractivity contribution < 1.29 is 14.3 Å². The minimum atomic E-state index is -0.244. The van der Waals surface area contributed by atoms with Crippen LogP contribution in [0, 0.1) is 0 Å². The minimum absolute atomic E-state index is 0.182. The van der Waals surface area contributed by atoms with Gasteiger partial charge in [-0.3, -0.25) is 4.79 Å². The molecule has 3 N–H and O–H groups in total. The number of nitrogens with zero attached hydrogens (tertiary/aromatic N) is 1. The number of aromatic nitrogens is 1. The highest BCUT2D eigenvalue weighted by molar-refractivity contribution is 7.17. The van der Waals surface area contributed by atoms with Gasteiger partial charge >= 0.3 is 0 Å². The summed E-state index contributed by atoms with van der Waals surface area (Å²) < 4.78 is 10.7. The lowest BCUT2D eigenvalue weighted by molar-refractivity contribution is 0.103. The molecule has 0 bridgehead atoms. The molecule has 30 heavy (non-hydrogen) atoms. The van der Waals surface area contributed by atoms with Crippen molar-refractivity contribution in [3.63, 3.8) is 0 Å². The fourth-order valence-electron chi connectivity index (χ4n) is 3.23. The Hall–Kier alpha value is -3.84. The van der Waals surface area contributed by atoms with E-state index in [0.29, 0.717) is 38.5 Å². The molecule has 0 unspecified atom stereocenters. The summed E-state index contributed by atoms with van der Waals surface area (Å²) in [6.45, 7) is 0.182. The Morgan fingerprint density at radius 1 is 0.967 bits per heavy atom. The number of thiazole rings is 1. The molecule has 2 heterocycles. The molecule has 148 valence electrons. The first-order chi connectivity index (χ1) is 14.7. The van der Waals surface area contributed by atoms with Crippen molar-refractivity contribution in [3.8, 4) is 33.3 Å². The van der Waals surface area contributed by atoms with E-state index < -0.39 is 0 Å². The summed E-state index contributed by atoms with van der Waals surface area (Å²) in [6, 6.07) is 22.5. The molecule has 7 heteroatoms. The minimum Gasteiger partial charge on any atom is -0.454 e. The Bertz CT molecular complexity index is 1240. The van der Waals surface area contributed by atoms with Crippen LogP contribution in [0.4, 0.5) is 11.4 Å². The van der Waals surface area contributed by atoms with Gasteiger partial charge in [0.15, 0.2) is 11.5 Å². The van der Waals surface area contributed by atoms with Crippen LogP contribution < -0.4 is 20.5 Å². The first-order valence-corrected chi connectivity index (χ1v) is 10.1. The van der Waals surface area contributed by atoms with E-state index in [1.165, 1.54) is 11.3 Å². The van der Waals surface area contributed by atoms with Crippen molar-refractivity contribution in [2.24, 2.45) is 0 Å². The molecule has 0 atom stereocenters. The fourth-order valence-corrected chi connectivity index (χ4v) is 4.26. The summed E-state index contributed by atoms with van der Waals surface area (Å²) in [4.78, 5) is 18.5. The molecule has 4 aromatic rings. The highest BCUT2D eigenvalue weighted by Crippen LogP contribution is 2.38. The molecule has 1 aliphatic rings. The number of carbonyl (C=O) groups is 1. The summed E-state index contributed by atoms with van der Waals surface area (Å²) in [5.41, 5.74) is 9.68. The lowest BCUT2D eigenvalue weighted by Crippen LogP contribution is -2.11. The quantitative estimate of drug-likeness (QED) is 0.456. The van der Waals surface area contributed by atoms with Gasteiger partial charge in [-0.25, -0.2) is 4.98 Å². The van der Waals surface area contributed by atoms with Gasteiger partial charge in [-0.15, -0.1) is 11.3 Å². The van der Waals surface area contributed by atoms with Gasteiger partial charge in [-0.05, 0) is 24.3 Å². The van der Waals surface area contributed by atoms with Gasteiger partial charge in [0, 0.05) is 28.6 Å². The average Bonchev–Trinajstić information content (AvgIpc) is 3.42. The van der Waals surface area contributed by atoms with Gasteiger partial charge in [0.25, 0.3) is 5.91 Å². The fraction of sp³-hybridized carbons (Fsp3) is 0.0435. The number of anilines is 2. The number of hydrogen-bond acceptors (Lipinski definition) is 6. The maximum absolute atomic E-state index is 13.2. The van der Waals surface area contributed by atoms with E-state index >= 15 is 0 Å². The Labute approximate surface area is 176 Å². The third kappa shape index (κ3) is 3.35. The lowest BCUT2D eigenvalue weighted by Gasteiger charge is -2.06. The molecule has 0 saturated heterocycles. The number of carbonyl (C=O) groups excluding carboxylic acids is 1. The lowest BCUT2D eigenvalue weighted by atomic mass is 10.1. The third-order valence-electron chi connectivity index (χ3n) is 4.70. The normalized spacial score (nSPS) is 12.0. The maximum Gasteiger partial charge on any atom is 0.268 e. The van der Waals surface area contributed by atoms with Crippen LogP contribution in [0.5, 0.6) is 11.5 Å².